The molecule has 0 radical (unpaired) electrons. The van der Waals surface area contributed by atoms with Crippen LogP contribution in [0.3, 0.4) is 0 Å². The molecule has 0 aliphatic rings. The van der Waals surface area contributed by atoms with Crippen molar-refractivity contribution in [2.24, 2.45) is 0 Å². The Bertz CT molecular complexity index is 506. The highest BCUT2D eigenvalue weighted by Gasteiger charge is 2.23. The van der Waals surface area contributed by atoms with Gasteiger partial charge in [0, 0.05) is 0 Å². The third-order valence-corrected chi connectivity index (χ3v) is 2.34. The minimum atomic E-state index is -1.16. The lowest BCUT2D eigenvalue weighted by Gasteiger charge is -2.13. The lowest BCUT2D eigenvalue weighted by molar-refractivity contribution is -0.144. The molecule has 5 nitrogen and oxygen atoms in total. The first-order valence-electron chi connectivity index (χ1n) is 5.59. The first-order valence-corrected chi connectivity index (χ1v) is 5.59. The molecule has 1 atom stereocenters. The third kappa shape index (κ3) is 3.40. The van der Waals surface area contributed by atoms with Crippen molar-refractivity contribution in [1.82, 2.24) is 5.32 Å². The predicted molar refractivity (Wildman–Crippen MR) is 64.3 cm³/mol. The van der Waals surface area contributed by atoms with Gasteiger partial charge in [-0.25, -0.2) is 13.6 Å². The number of esters is 1. The Kier molecular flexibility index (Phi) is 4.80. The number of nitrogens with two attached hydrogens (primary N) is 1. The van der Waals surface area contributed by atoms with E-state index in [-0.39, 0.29) is 12.3 Å². The highest BCUT2D eigenvalue weighted by Crippen LogP contribution is 2.18. The fourth-order valence-electron chi connectivity index (χ4n) is 1.37. The Hall–Kier alpha value is -2.18. The maximum absolute atomic E-state index is 13.6. The van der Waals surface area contributed by atoms with Gasteiger partial charge in [-0.05, 0) is 26.0 Å². The van der Waals surface area contributed by atoms with Crippen molar-refractivity contribution in [2.45, 2.75) is 19.9 Å². The van der Waals surface area contributed by atoms with Crippen molar-refractivity contribution in [2.75, 3.05) is 12.3 Å². The van der Waals surface area contributed by atoms with Crippen LogP contribution in [0, 0.1) is 11.6 Å². The first kappa shape index (κ1) is 14.9. The van der Waals surface area contributed by atoms with Crippen molar-refractivity contribution >= 4 is 17.6 Å². The molecule has 0 heterocycles. The highest BCUT2D eigenvalue weighted by molar-refractivity contribution is 5.97. The van der Waals surface area contributed by atoms with E-state index in [0.29, 0.717) is 0 Å². The van der Waals surface area contributed by atoms with E-state index in [9.17, 15) is 18.4 Å². The summed E-state index contributed by atoms with van der Waals surface area (Å²) in [6.45, 7) is 3.09. The number of nitrogen functional groups attached to an aromatic ring is 1. The van der Waals surface area contributed by atoms with Crippen molar-refractivity contribution < 1.29 is 23.1 Å². The smallest absolute Gasteiger partial charge is 0.328 e. The van der Waals surface area contributed by atoms with Crippen LogP contribution in [0.4, 0.5) is 14.5 Å². The van der Waals surface area contributed by atoms with Gasteiger partial charge in [-0.3, -0.25) is 4.79 Å². The van der Waals surface area contributed by atoms with Gasteiger partial charge in [-0.15, -0.1) is 0 Å². The number of carbonyl (C=O) groups excluding carboxylic acids is 2. The van der Waals surface area contributed by atoms with E-state index in [4.69, 9.17) is 5.73 Å². The zero-order chi connectivity index (χ0) is 14.6. The maximum atomic E-state index is 13.6. The number of hydrogen-bond donors (Lipinski definition) is 2. The first-order chi connectivity index (χ1) is 8.88. The molecule has 0 spiro atoms. The number of nitrogens with one attached hydrogen (secondary N) is 1. The molecule has 7 heteroatoms. The molecule has 3 N–H and O–H groups in total. The molecule has 0 aliphatic heterocycles. The van der Waals surface area contributed by atoms with Crippen LogP contribution < -0.4 is 11.1 Å². The van der Waals surface area contributed by atoms with Crippen LogP contribution in [0.1, 0.15) is 24.2 Å². The van der Waals surface area contributed by atoms with Crippen LogP contribution in [0.5, 0.6) is 0 Å². The van der Waals surface area contributed by atoms with E-state index in [1.54, 1.807) is 6.92 Å². The fraction of sp³-hybridized carbons (Fsp3) is 0.333. The lowest BCUT2D eigenvalue weighted by Crippen LogP contribution is -2.40. The summed E-state index contributed by atoms with van der Waals surface area (Å²) in [4.78, 5) is 23.0. The monoisotopic (exact) mass is 272 g/mol. The Labute approximate surface area is 108 Å². The van der Waals surface area contributed by atoms with Crippen molar-refractivity contribution in [3.05, 3.63) is 29.3 Å². The normalized spacial score (nSPS) is 11.8. The summed E-state index contributed by atoms with van der Waals surface area (Å²) < 4.78 is 31.6. The molecule has 0 bridgehead atoms. The SMILES string of the molecule is CCOC(=O)C(C)NC(=O)c1c(F)ccc(N)c1F. The van der Waals surface area contributed by atoms with Gasteiger partial charge < -0.3 is 15.8 Å². The molecule has 0 saturated carbocycles. The minimum absolute atomic E-state index is 0.139. The summed E-state index contributed by atoms with van der Waals surface area (Å²) in [5, 5.41) is 2.14. The lowest BCUT2D eigenvalue weighted by atomic mass is 10.1. The van der Waals surface area contributed by atoms with Crippen molar-refractivity contribution in [3.8, 4) is 0 Å². The van der Waals surface area contributed by atoms with Crippen LogP contribution >= 0.6 is 0 Å². The molecule has 1 rings (SSSR count). The average Bonchev–Trinajstić information content (AvgIpc) is 2.34. The minimum Gasteiger partial charge on any atom is -0.464 e. The van der Waals surface area contributed by atoms with Crippen LogP contribution in [-0.2, 0) is 9.53 Å². The molecule has 1 aromatic rings. The van der Waals surface area contributed by atoms with Crippen molar-refractivity contribution in [3.63, 3.8) is 0 Å². The molecule has 0 saturated heterocycles. The van der Waals surface area contributed by atoms with E-state index in [0.717, 1.165) is 12.1 Å². The van der Waals surface area contributed by atoms with E-state index in [2.05, 4.69) is 10.1 Å². The van der Waals surface area contributed by atoms with Gasteiger partial charge >= 0.3 is 5.97 Å². The van der Waals surface area contributed by atoms with E-state index in [1.807, 2.05) is 0 Å². The number of benzene rings is 1. The van der Waals surface area contributed by atoms with Gasteiger partial charge in [0.1, 0.15) is 17.4 Å². The topological polar surface area (TPSA) is 81.4 Å². The van der Waals surface area contributed by atoms with Crippen LogP contribution in [-0.4, -0.2) is 24.5 Å². The second-order valence-electron chi connectivity index (χ2n) is 3.77. The largest absolute Gasteiger partial charge is 0.464 e. The molecule has 19 heavy (non-hydrogen) atoms. The summed E-state index contributed by atoms with van der Waals surface area (Å²) in [6, 6.07) is 0.867. The summed E-state index contributed by atoms with van der Waals surface area (Å²) in [5.74, 6) is -3.97. The molecule has 1 unspecified atom stereocenters. The quantitative estimate of drug-likeness (QED) is 0.638. The number of anilines is 1. The Morgan fingerprint density at radius 2 is 2.05 bits per heavy atom. The van der Waals surface area contributed by atoms with Gasteiger partial charge in [-0.1, -0.05) is 0 Å². The standard InChI is InChI=1S/C12H14F2N2O3/c1-3-19-12(18)6(2)16-11(17)9-7(13)4-5-8(15)10(9)14/h4-6H,3,15H2,1-2H3,(H,16,17). The molecule has 0 fully saturated rings. The molecule has 0 aliphatic carbocycles. The summed E-state index contributed by atoms with van der Waals surface area (Å²) in [7, 11) is 0. The average molecular weight is 272 g/mol. The van der Waals surface area contributed by atoms with Crippen LogP contribution in [0.2, 0.25) is 0 Å². The molecule has 1 amide bonds. The summed E-state index contributed by atoms with van der Waals surface area (Å²) in [6.07, 6.45) is 0. The molecular weight excluding hydrogens is 258 g/mol. The number of carbonyl (C=O) groups is 2. The molecular formula is C12H14F2N2O3. The number of halogens is 2. The van der Waals surface area contributed by atoms with Gasteiger partial charge in [0.25, 0.3) is 5.91 Å². The zero-order valence-corrected chi connectivity index (χ0v) is 10.5. The highest BCUT2D eigenvalue weighted by atomic mass is 19.1. The second kappa shape index (κ2) is 6.12. The summed E-state index contributed by atoms with van der Waals surface area (Å²) >= 11 is 0. The van der Waals surface area contributed by atoms with Crippen LogP contribution in [0.15, 0.2) is 12.1 Å². The van der Waals surface area contributed by atoms with Gasteiger partial charge in [-0.2, -0.15) is 0 Å². The third-order valence-electron chi connectivity index (χ3n) is 2.34. The zero-order valence-electron chi connectivity index (χ0n) is 10.5. The van der Waals surface area contributed by atoms with Gasteiger partial charge in [0.05, 0.1) is 12.3 Å². The fourth-order valence-corrected chi connectivity index (χ4v) is 1.37. The van der Waals surface area contributed by atoms with Crippen molar-refractivity contribution in [1.29, 1.82) is 0 Å². The predicted octanol–water partition coefficient (Wildman–Crippen LogP) is 1.23. The molecule has 1 aromatic carbocycles. The van der Waals surface area contributed by atoms with Gasteiger partial charge in [0.2, 0.25) is 0 Å². The van der Waals surface area contributed by atoms with Gasteiger partial charge in [0.15, 0.2) is 5.82 Å². The Balaban J connectivity index is 2.90. The Morgan fingerprint density at radius 1 is 1.42 bits per heavy atom. The van der Waals surface area contributed by atoms with E-state index < -0.39 is 35.1 Å². The second-order valence-corrected chi connectivity index (χ2v) is 3.77. The summed E-state index contributed by atoms with van der Waals surface area (Å²) in [5.41, 5.74) is 4.08. The van der Waals surface area contributed by atoms with E-state index in [1.165, 1.54) is 6.92 Å². The number of amides is 1. The number of hydrogen-bond acceptors (Lipinski definition) is 4. The number of rotatable bonds is 4. The Morgan fingerprint density at radius 3 is 2.63 bits per heavy atom. The molecule has 104 valence electrons. The maximum Gasteiger partial charge on any atom is 0.328 e. The van der Waals surface area contributed by atoms with E-state index >= 15 is 0 Å². The van der Waals surface area contributed by atoms with Crippen LogP contribution in [0.25, 0.3) is 0 Å². The molecule has 0 aromatic heterocycles. The number of ether oxygens (including phenoxy) is 1.